The first-order chi connectivity index (χ1) is 9.83. The lowest BCUT2D eigenvalue weighted by atomic mass is 10.3. The van der Waals surface area contributed by atoms with Gasteiger partial charge in [-0.25, -0.2) is 9.59 Å². The number of carbonyl (C=O) groups excluding carboxylic acids is 2. The highest BCUT2D eigenvalue weighted by Crippen LogP contribution is 2.19. The van der Waals surface area contributed by atoms with E-state index in [1.807, 2.05) is 0 Å². The Morgan fingerprint density at radius 1 is 1.14 bits per heavy atom. The second kappa shape index (κ2) is 9.45. The zero-order valence-electron chi connectivity index (χ0n) is 12.8. The SMILES string of the molecule is C=CC(=O)OC(CC[Si](OC)(OC)OC)OC(=O)C(=C)C. The van der Waals surface area contributed by atoms with E-state index in [9.17, 15) is 9.59 Å². The Morgan fingerprint density at radius 2 is 1.67 bits per heavy atom. The van der Waals surface area contributed by atoms with E-state index in [0.29, 0.717) is 6.04 Å². The van der Waals surface area contributed by atoms with Crippen molar-refractivity contribution < 1.29 is 32.3 Å². The summed E-state index contributed by atoms with van der Waals surface area (Å²) in [4.78, 5) is 22.8. The van der Waals surface area contributed by atoms with Crippen molar-refractivity contribution in [1.29, 1.82) is 0 Å². The highest BCUT2D eigenvalue weighted by molar-refractivity contribution is 6.60. The smallest absolute Gasteiger partial charge is 0.422 e. The highest BCUT2D eigenvalue weighted by Gasteiger charge is 2.39. The minimum absolute atomic E-state index is 0.167. The second-order valence-electron chi connectivity index (χ2n) is 4.09. The average Bonchev–Trinajstić information content (AvgIpc) is 2.48. The summed E-state index contributed by atoms with van der Waals surface area (Å²) in [6.07, 6.45) is 0.0577. The van der Waals surface area contributed by atoms with Crippen molar-refractivity contribution in [3.05, 3.63) is 24.8 Å². The molecule has 21 heavy (non-hydrogen) atoms. The fraction of sp³-hybridized carbons (Fsp3) is 0.538. The molecule has 1 atom stereocenters. The molecule has 0 bridgehead atoms. The molecule has 0 radical (unpaired) electrons. The molecule has 0 aromatic rings. The Hall–Kier alpha value is -1.48. The van der Waals surface area contributed by atoms with Crippen molar-refractivity contribution in [2.75, 3.05) is 21.3 Å². The summed E-state index contributed by atoms with van der Waals surface area (Å²) in [7, 11) is 1.54. The largest absolute Gasteiger partial charge is 0.500 e. The van der Waals surface area contributed by atoms with Gasteiger partial charge in [0, 0.05) is 45.4 Å². The Balaban J connectivity index is 4.80. The van der Waals surface area contributed by atoms with Gasteiger partial charge in [-0.15, -0.1) is 0 Å². The van der Waals surface area contributed by atoms with Crippen LogP contribution in [0.4, 0.5) is 0 Å². The van der Waals surface area contributed by atoms with E-state index in [0.717, 1.165) is 6.08 Å². The first-order valence-corrected chi connectivity index (χ1v) is 8.12. The summed E-state index contributed by atoms with van der Waals surface area (Å²) in [5.74, 6) is -1.36. The van der Waals surface area contributed by atoms with Gasteiger partial charge in [-0.05, 0) is 6.92 Å². The zero-order valence-corrected chi connectivity index (χ0v) is 13.8. The molecule has 0 rings (SSSR count). The number of ether oxygens (including phenoxy) is 2. The Bertz CT molecular complexity index is 382. The maximum Gasteiger partial charge on any atom is 0.500 e. The van der Waals surface area contributed by atoms with Crippen molar-refractivity contribution >= 4 is 20.7 Å². The van der Waals surface area contributed by atoms with Crippen LogP contribution in [0.3, 0.4) is 0 Å². The van der Waals surface area contributed by atoms with E-state index in [-0.39, 0.29) is 12.0 Å². The lowest BCUT2D eigenvalue weighted by Gasteiger charge is -2.26. The van der Waals surface area contributed by atoms with Gasteiger partial charge in [0.1, 0.15) is 0 Å². The quantitative estimate of drug-likeness (QED) is 0.261. The zero-order chi connectivity index (χ0) is 16.5. The van der Waals surface area contributed by atoms with E-state index >= 15 is 0 Å². The summed E-state index contributed by atoms with van der Waals surface area (Å²) < 4.78 is 25.7. The van der Waals surface area contributed by atoms with Crippen LogP contribution in [0.25, 0.3) is 0 Å². The fourth-order valence-corrected chi connectivity index (χ4v) is 3.09. The van der Waals surface area contributed by atoms with Crippen LogP contribution in [-0.2, 0) is 32.3 Å². The molecule has 7 nitrogen and oxygen atoms in total. The monoisotopic (exact) mass is 318 g/mol. The topological polar surface area (TPSA) is 80.3 Å². The summed E-state index contributed by atoms with van der Waals surface area (Å²) >= 11 is 0. The number of carbonyl (C=O) groups is 2. The second-order valence-corrected chi connectivity index (χ2v) is 7.18. The van der Waals surface area contributed by atoms with Crippen LogP contribution in [0.2, 0.25) is 6.04 Å². The van der Waals surface area contributed by atoms with Crippen molar-refractivity contribution in [3.8, 4) is 0 Å². The molecule has 0 saturated carbocycles. The van der Waals surface area contributed by atoms with Crippen molar-refractivity contribution in [3.63, 3.8) is 0 Å². The highest BCUT2D eigenvalue weighted by atomic mass is 28.4. The maximum atomic E-state index is 11.5. The normalized spacial score (nSPS) is 12.4. The van der Waals surface area contributed by atoms with E-state index < -0.39 is 27.0 Å². The minimum Gasteiger partial charge on any atom is -0.422 e. The van der Waals surface area contributed by atoms with E-state index in [4.69, 9.17) is 22.8 Å². The van der Waals surface area contributed by atoms with Gasteiger partial charge < -0.3 is 22.8 Å². The maximum absolute atomic E-state index is 11.5. The number of hydrogen-bond donors (Lipinski definition) is 0. The van der Waals surface area contributed by atoms with E-state index in [1.54, 1.807) is 0 Å². The van der Waals surface area contributed by atoms with Crippen molar-refractivity contribution in [2.24, 2.45) is 0 Å². The van der Waals surface area contributed by atoms with Gasteiger partial charge in [0.05, 0.1) is 0 Å². The van der Waals surface area contributed by atoms with Crippen LogP contribution in [0.1, 0.15) is 13.3 Å². The molecule has 1 unspecified atom stereocenters. The molecule has 0 aliphatic heterocycles. The van der Waals surface area contributed by atoms with Crippen LogP contribution in [-0.4, -0.2) is 48.4 Å². The van der Waals surface area contributed by atoms with Gasteiger partial charge >= 0.3 is 20.7 Å². The van der Waals surface area contributed by atoms with Crippen molar-refractivity contribution in [1.82, 2.24) is 0 Å². The van der Waals surface area contributed by atoms with Crippen LogP contribution in [0.5, 0.6) is 0 Å². The molecule has 120 valence electrons. The van der Waals surface area contributed by atoms with Crippen molar-refractivity contribution in [2.45, 2.75) is 25.7 Å². The summed E-state index contributed by atoms with van der Waals surface area (Å²) in [5.41, 5.74) is 0.198. The Labute approximate surface area is 125 Å². The molecular weight excluding hydrogens is 296 g/mol. The molecule has 0 heterocycles. The van der Waals surface area contributed by atoms with Crippen LogP contribution < -0.4 is 0 Å². The molecule has 0 spiro atoms. The predicted molar refractivity (Wildman–Crippen MR) is 77.2 cm³/mol. The third kappa shape index (κ3) is 6.67. The number of hydrogen-bond acceptors (Lipinski definition) is 7. The fourth-order valence-electron chi connectivity index (χ4n) is 1.39. The molecule has 0 amide bonds. The van der Waals surface area contributed by atoms with E-state index in [2.05, 4.69) is 13.2 Å². The van der Waals surface area contributed by atoms with Crippen LogP contribution in [0, 0.1) is 0 Å². The molecule has 0 aromatic heterocycles. The lowest BCUT2D eigenvalue weighted by Crippen LogP contribution is -2.43. The molecule has 0 fully saturated rings. The molecule has 0 aromatic carbocycles. The average molecular weight is 318 g/mol. The van der Waals surface area contributed by atoms with Crippen LogP contribution in [0.15, 0.2) is 24.8 Å². The lowest BCUT2D eigenvalue weighted by molar-refractivity contribution is -0.182. The first-order valence-electron chi connectivity index (χ1n) is 6.19. The Kier molecular flexibility index (Phi) is 8.79. The van der Waals surface area contributed by atoms with Gasteiger partial charge in [0.2, 0.25) is 6.29 Å². The predicted octanol–water partition coefficient (Wildman–Crippen LogP) is 1.43. The summed E-state index contributed by atoms with van der Waals surface area (Å²) in [6, 6.07) is 0.301. The van der Waals surface area contributed by atoms with Gasteiger partial charge in [-0.3, -0.25) is 0 Å². The van der Waals surface area contributed by atoms with Gasteiger partial charge in [-0.2, -0.15) is 0 Å². The summed E-state index contributed by atoms with van der Waals surface area (Å²) in [6.45, 7) is 8.24. The molecular formula is C13H22O7Si. The molecule has 8 heteroatoms. The third-order valence-corrected chi connectivity index (χ3v) is 5.39. The number of rotatable bonds is 10. The third-order valence-electron chi connectivity index (χ3n) is 2.62. The standard InChI is InChI=1S/C13H22O7Si/c1-7-11(14)19-12(20-13(15)10(2)3)8-9-21(16-4,17-5)18-6/h7,12H,1-2,8-9H2,3-6H3. The van der Waals surface area contributed by atoms with Gasteiger partial charge in [-0.1, -0.05) is 13.2 Å². The van der Waals surface area contributed by atoms with Gasteiger partial charge in [0.25, 0.3) is 0 Å². The first kappa shape index (κ1) is 19.5. The Morgan fingerprint density at radius 3 is 2.05 bits per heavy atom. The molecule has 0 aliphatic rings. The van der Waals surface area contributed by atoms with Crippen LogP contribution >= 0.6 is 0 Å². The van der Waals surface area contributed by atoms with E-state index in [1.165, 1.54) is 28.3 Å². The molecule has 0 aliphatic carbocycles. The summed E-state index contributed by atoms with van der Waals surface area (Å²) in [5, 5.41) is 0. The number of esters is 2. The molecule has 0 saturated heterocycles. The molecule has 0 N–H and O–H groups in total. The minimum atomic E-state index is -2.85. The van der Waals surface area contributed by atoms with Gasteiger partial charge in [0.15, 0.2) is 0 Å².